The Kier molecular flexibility index (Phi) is 5.62. The highest BCUT2D eigenvalue weighted by atomic mass is 35.5. The molecule has 0 radical (unpaired) electrons. The molecule has 122 valence electrons. The van der Waals surface area contributed by atoms with Crippen LogP contribution in [0.2, 0.25) is 5.02 Å². The van der Waals surface area contributed by atoms with Crippen molar-refractivity contribution in [2.45, 2.75) is 6.92 Å². The van der Waals surface area contributed by atoms with Crippen molar-refractivity contribution in [3.63, 3.8) is 0 Å². The molecular weight excluding hydrogens is 342 g/mol. The van der Waals surface area contributed by atoms with Crippen molar-refractivity contribution in [1.82, 2.24) is 10.2 Å². The Balaban J connectivity index is 1.81. The third-order valence-electron chi connectivity index (χ3n) is 3.10. The Labute approximate surface area is 141 Å². The number of carbonyl (C=O) groups excluding carboxylic acids is 4. The summed E-state index contributed by atoms with van der Waals surface area (Å²) in [6, 6.07) is 4.89. The fourth-order valence-electron chi connectivity index (χ4n) is 1.82. The Morgan fingerprint density at radius 2 is 2.04 bits per heavy atom. The molecule has 7 nitrogen and oxygen atoms in total. The maximum absolute atomic E-state index is 11.7. The van der Waals surface area contributed by atoms with Crippen LogP contribution >= 0.6 is 23.4 Å². The van der Waals surface area contributed by atoms with Crippen LogP contribution in [0.5, 0.6) is 0 Å². The number of halogens is 1. The van der Waals surface area contributed by atoms with Gasteiger partial charge in [0.25, 0.3) is 5.24 Å². The monoisotopic (exact) mass is 355 g/mol. The fourth-order valence-corrected chi connectivity index (χ4v) is 2.75. The molecule has 9 heteroatoms. The lowest BCUT2D eigenvalue weighted by Crippen LogP contribution is -2.41. The van der Waals surface area contributed by atoms with Gasteiger partial charge in [0.05, 0.1) is 5.75 Å². The molecule has 0 unspecified atom stereocenters. The number of amides is 4. The van der Waals surface area contributed by atoms with E-state index in [9.17, 15) is 19.2 Å². The molecule has 4 amide bonds. The van der Waals surface area contributed by atoms with Crippen LogP contribution in [0.3, 0.4) is 0 Å². The van der Waals surface area contributed by atoms with Crippen LogP contribution in [-0.2, 0) is 14.4 Å². The molecule has 0 atom stereocenters. The number of imide groups is 1. The molecule has 0 spiro atoms. The Morgan fingerprint density at radius 1 is 1.30 bits per heavy atom. The van der Waals surface area contributed by atoms with E-state index in [2.05, 4.69) is 10.6 Å². The van der Waals surface area contributed by atoms with Gasteiger partial charge in [-0.05, 0) is 24.6 Å². The molecule has 1 heterocycles. The van der Waals surface area contributed by atoms with Crippen LogP contribution in [0.1, 0.15) is 5.56 Å². The Morgan fingerprint density at radius 3 is 2.65 bits per heavy atom. The summed E-state index contributed by atoms with van der Waals surface area (Å²) in [5.74, 6) is -1.89. The summed E-state index contributed by atoms with van der Waals surface area (Å²) in [5, 5.41) is 4.91. The summed E-state index contributed by atoms with van der Waals surface area (Å²) in [4.78, 5) is 47.2. The predicted molar refractivity (Wildman–Crippen MR) is 87.4 cm³/mol. The average Bonchev–Trinajstić information content (AvgIpc) is 2.82. The topological polar surface area (TPSA) is 95.6 Å². The molecule has 0 bridgehead atoms. The maximum atomic E-state index is 11.7. The van der Waals surface area contributed by atoms with Gasteiger partial charge in [-0.1, -0.05) is 29.4 Å². The van der Waals surface area contributed by atoms with Gasteiger partial charge in [-0.2, -0.15) is 0 Å². The SMILES string of the molecule is Cc1ccc(NC(=O)C(=O)NCCN2C(=O)CSC2=O)cc1Cl. The molecule has 1 saturated heterocycles. The van der Waals surface area contributed by atoms with Crippen LogP contribution in [0.25, 0.3) is 0 Å². The van der Waals surface area contributed by atoms with E-state index in [1.54, 1.807) is 18.2 Å². The summed E-state index contributed by atoms with van der Waals surface area (Å²) in [6.45, 7) is 1.87. The fraction of sp³-hybridized carbons (Fsp3) is 0.286. The predicted octanol–water partition coefficient (Wildman–Crippen LogP) is 1.40. The molecule has 1 aromatic rings. The van der Waals surface area contributed by atoms with Gasteiger partial charge in [0, 0.05) is 23.8 Å². The number of anilines is 1. The van der Waals surface area contributed by atoms with Gasteiger partial charge in [-0.15, -0.1) is 0 Å². The minimum atomic E-state index is -0.853. The average molecular weight is 356 g/mol. The summed E-state index contributed by atoms with van der Waals surface area (Å²) < 4.78 is 0. The van der Waals surface area contributed by atoms with E-state index < -0.39 is 11.8 Å². The van der Waals surface area contributed by atoms with Crippen molar-refractivity contribution in [2.24, 2.45) is 0 Å². The zero-order valence-corrected chi connectivity index (χ0v) is 13.8. The highest BCUT2D eigenvalue weighted by molar-refractivity contribution is 8.14. The lowest BCUT2D eigenvalue weighted by Gasteiger charge is -2.13. The second kappa shape index (κ2) is 7.47. The van der Waals surface area contributed by atoms with Gasteiger partial charge in [0.15, 0.2) is 0 Å². The maximum Gasteiger partial charge on any atom is 0.313 e. The highest BCUT2D eigenvalue weighted by Crippen LogP contribution is 2.20. The van der Waals surface area contributed by atoms with E-state index in [-0.39, 0.29) is 30.0 Å². The smallest absolute Gasteiger partial charge is 0.313 e. The van der Waals surface area contributed by atoms with E-state index >= 15 is 0 Å². The van der Waals surface area contributed by atoms with Crippen LogP contribution in [0, 0.1) is 6.92 Å². The minimum absolute atomic E-state index is 0.0128. The van der Waals surface area contributed by atoms with Crippen LogP contribution in [0.4, 0.5) is 10.5 Å². The molecule has 1 aliphatic rings. The molecule has 2 rings (SSSR count). The third-order valence-corrected chi connectivity index (χ3v) is 4.36. The van der Waals surface area contributed by atoms with E-state index in [0.717, 1.165) is 22.2 Å². The van der Waals surface area contributed by atoms with Crippen molar-refractivity contribution in [2.75, 3.05) is 24.2 Å². The van der Waals surface area contributed by atoms with Crippen molar-refractivity contribution < 1.29 is 19.2 Å². The number of benzene rings is 1. The number of aryl methyl sites for hydroxylation is 1. The van der Waals surface area contributed by atoms with E-state index in [1.807, 2.05) is 6.92 Å². The first-order valence-corrected chi connectivity index (χ1v) is 8.07. The first-order valence-electron chi connectivity index (χ1n) is 6.71. The van der Waals surface area contributed by atoms with Crippen molar-refractivity contribution in [1.29, 1.82) is 0 Å². The number of hydrogen-bond donors (Lipinski definition) is 2. The summed E-state index contributed by atoms with van der Waals surface area (Å²) >= 11 is 6.85. The summed E-state index contributed by atoms with van der Waals surface area (Å²) in [5.41, 5.74) is 1.26. The van der Waals surface area contributed by atoms with Crippen molar-refractivity contribution in [3.8, 4) is 0 Å². The van der Waals surface area contributed by atoms with Crippen LogP contribution in [0.15, 0.2) is 18.2 Å². The molecule has 0 aliphatic carbocycles. The quantitative estimate of drug-likeness (QED) is 0.796. The standard InChI is InChI=1S/C14H14ClN3O4S/c1-8-2-3-9(6-10(8)15)17-13(21)12(20)16-4-5-18-11(19)7-23-14(18)22/h2-3,6H,4-5,7H2,1H3,(H,16,20)(H,17,21). The van der Waals surface area contributed by atoms with Crippen LogP contribution in [-0.4, -0.2) is 46.7 Å². The Bertz CT molecular complexity index is 664. The zero-order chi connectivity index (χ0) is 17.0. The van der Waals surface area contributed by atoms with E-state index in [1.165, 1.54) is 0 Å². The Hall–Kier alpha value is -2.06. The summed E-state index contributed by atoms with van der Waals surface area (Å²) in [6.07, 6.45) is 0. The molecule has 0 aromatic heterocycles. The number of nitrogens with one attached hydrogen (secondary N) is 2. The number of nitrogens with zero attached hydrogens (tertiary/aromatic N) is 1. The highest BCUT2D eigenvalue weighted by Gasteiger charge is 2.29. The van der Waals surface area contributed by atoms with Gasteiger partial charge in [0.1, 0.15) is 0 Å². The molecule has 1 aromatic carbocycles. The van der Waals surface area contributed by atoms with Gasteiger partial charge >= 0.3 is 11.8 Å². The molecule has 23 heavy (non-hydrogen) atoms. The van der Waals surface area contributed by atoms with Gasteiger partial charge in [-0.3, -0.25) is 24.1 Å². The zero-order valence-electron chi connectivity index (χ0n) is 12.2. The first-order chi connectivity index (χ1) is 10.9. The van der Waals surface area contributed by atoms with Gasteiger partial charge in [-0.25, -0.2) is 0 Å². The number of thioether (sulfide) groups is 1. The first kappa shape index (κ1) is 17.3. The number of carbonyl (C=O) groups is 4. The second-order valence-corrected chi connectivity index (χ2v) is 6.11. The van der Waals surface area contributed by atoms with E-state index in [0.29, 0.717) is 10.7 Å². The summed E-state index contributed by atoms with van der Waals surface area (Å²) in [7, 11) is 0. The van der Waals surface area contributed by atoms with Gasteiger partial charge in [0.2, 0.25) is 5.91 Å². The molecule has 0 saturated carbocycles. The molecule has 1 aliphatic heterocycles. The second-order valence-electron chi connectivity index (χ2n) is 4.77. The van der Waals surface area contributed by atoms with Crippen LogP contribution < -0.4 is 10.6 Å². The van der Waals surface area contributed by atoms with Crippen molar-refractivity contribution >= 4 is 52.0 Å². The number of hydrogen-bond acceptors (Lipinski definition) is 5. The third kappa shape index (κ3) is 4.46. The normalized spacial score (nSPS) is 14.1. The lowest BCUT2D eigenvalue weighted by atomic mass is 10.2. The molecular formula is C14H14ClN3O4S. The molecule has 2 N–H and O–H groups in total. The lowest BCUT2D eigenvalue weighted by molar-refractivity contribution is -0.136. The molecule has 1 fully saturated rings. The van der Waals surface area contributed by atoms with E-state index in [4.69, 9.17) is 11.6 Å². The largest absolute Gasteiger partial charge is 0.346 e. The van der Waals surface area contributed by atoms with Gasteiger partial charge < -0.3 is 10.6 Å². The number of rotatable bonds is 4. The van der Waals surface area contributed by atoms with Crippen molar-refractivity contribution in [3.05, 3.63) is 28.8 Å². The minimum Gasteiger partial charge on any atom is -0.346 e.